The molecule has 0 spiro atoms. The maximum atomic E-state index is 13.1. The molecule has 31 heavy (non-hydrogen) atoms. The van der Waals surface area contributed by atoms with E-state index < -0.39 is 10.0 Å². The van der Waals surface area contributed by atoms with Crippen LogP contribution < -0.4 is 0 Å². The van der Waals surface area contributed by atoms with Crippen LogP contribution in [-0.4, -0.2) is 43.8 Å². The first kappa shape index (κ1) is 21.5. The van der Waals surface area contributed by atoms with Crippen LogP contribution in [0.1, 0.15) is 22.7 Å². The van der Waals surface area contributed by atoms with Crippen molar-refractivity contribution >= 4 is 21.6 Å². The average molecular weight is 452 g/mol. The standard InChI is InChI=1S/C24H22ClN3O2S/c25-22-11-9-21(10-12-22)24(20-6-2-1-3-7-20)27-13-15-28(16-14-27)31(29,30)23-8-4-5-19(17-23)18-26/h1-12,17,24H,13-16H2/t24-/m1/s1. The molecular formula is C24H22ClN3O2S. The molecule has 1 fully saturated rings. The lowest BCUT2D eigenvalue weighted by Crippen LogP contribution is -2.49. The first-order valence-corrected chi connectivity index (χ1v) is 11.9. The summed E-state index contributed by atoms with van der Waals surface area (Å²) in [7, 11) is -3.64. The number of piperazine rings is 1. The highest BCUT2D eigenvalue weighted by molar-refractivity contribution is 7.89. The maximum Gasteiger partial charge on any atom is 0.243 e. The molecule has 7 heteroatoms. The predicted octanol–water partition coefficient (Wildman–Crippen LogP) is 4.31. The molecule has 1 saturated heterocycles. The Balaban J connectivity index is 1.56. The molecule has 1 atom stereocenters. The smallest absolute Gasteiger partial charge is 0.243 e. The number of sulfonamides is 1. The summed E-state index contributed by atoms with van der Waals surface area (Å²) in [6.07, 6.45) is 0. The van der Waals surface area contributed by atoms with E-state index in [2.05, 4.69) is 17.0 Å². The highest BCUT2D eigenvalue weighted by atomic mass is 35.5. The van der Waals surface area contributed by atoms with Crippen LogP contribution in [0, 0.1) is 11.3 Å². The first-order chi connectivity index (χ1) is 15.0. The molecule has 0 bridgehead atoms. The van der Waals surface area contributed by atoms with E-state index in [1.807, 2.05) is 48.5 Å². The third kappa shape index (κ3) is 4.65. The van der Waals surface area contributed by atoms with Crippen molar-refractivity contribution in [3.05, 3.63) is 101 Å². The van der Waals surface area contributed by atoms with Crippen molar-refractivity contribution in [2.45, 2.75) is 10.9 Å². The van der Waals surface area contributed by atoms with Crippen molar-refractivity contribution < 1.29 is 8.42 Å². The number of nitrogens with zero attached hydrogens (tertiary/aromatic N) is 3. The zero-order valence-corrected chi connectivity index (χ0v) is 18.4. The Labute approximate surface area is 188 Å². The molecule has 0 saturated carbocycles. The lowest BCUT2D eigenvalue weighted by Gasteiger charge is -2.39. The Morgan fingerprint density at radius 1 is 0.839 bits per heavy atom. The van der Waals surface area contributed by atoms with E-state index in [4.69, 9.17) is 16.9 Å². The van der Waals surface area contributed by atoms with Crippen LogP contribution in [0.5, 0.6) is 0 Å². The second-order valence-electron chi connectivity index (χ2n) is 7.44. The lowest BCUT2D eigenvalue weighted by atomic mass is 9.96. The van der Waals surface area contributed by atoms with Crippen LogP contribution >= 0.6 is 11.6 Å². The minimum atomic E-state index is -3.64. The molecule has 4 rings (SSSR count). The van der Waals surface area contributed by atoms with Gasteiger partial charge in [0.15, 0.2) is 0 Å². The average Bonchev–Trinajstić information content (AvgIpc) is 2.81. The van der Waals surface area contributed by atoms with Gasteiger partial charge < -0.3 is 0 Å². The van der Waals surface area contributed by atoms with Crippen molar-refractivity contribution in [1.82, 2.24) is 9.21 Å². The van der Waals surface area contributed by atoms with E-state index in [9.17, 15) is 8.42 Å². The van der Waals surface area contributed by atoms with Crippen molar-refractivity contribution in [2.24, 2.45) is 0 Å². The van der Waals surface area contributed by atoms with Crippen molar-refractivity contribution in [3.8, 4) is 6.07 Å². The van der Waals surface area contributed by atoms with Crippen molar-refractivity contribution in [3.63, 3.8) is 0 Å². The molecule has 0 aliphatic carbocycles. The molecule has 0 aromatic heterocycles. The summed E-state index contributed by atoms with van der Waals surface area (Å²) >= 11 is 6.09. The summed E-state index contributed by atoms with van der Waals surface area (Å²) in [4.78, 5) is 2.47. The number of nitriles is 1. The fourth-order valence-corrected chi connectivity index (χ4v) is 5.57. The SMILES string of the molecule is N#Cc1cccc(S(=O)(=O)N2CCN([C@H](c3ccccc3)c3ccc(Cl)cc3)CC2)c1. The first-order valence-electron chi connectivity index (χ1n) is 10.0. The molecule has 0 amide bonds. The van der Waals surface area contributed by atoms with Crippen LogP contribution in [-0.2, 0) is 10.0 Å². The van der Waals surface area contributed by atoms with Gasteiger partial charge in [0.2, 0.25) is 10.0 Å². The van der Waals surface area contributed by atoms with Gasteiger partial charge in [0.25, 0.3) is 0 Å². The molecule has 1 heterocycles. The van der Waals surface area contributed by atoms with Gasteiger partial charge in [0, 0.05) is 31.2 Å². The zero-order chi connectivity index (χ0) is 21.8. The maximum absolute atomic E-state index is 13.1. The Morgan fingerprint density at radius 3 is 2.13 bits per heavy atom. The third-order valence-corrected chi connectivity index (χ3v) is 7.69. The van der Waals surface area contributed by atoms with Gasteiger partial charge in [0.1, 0.15) is 0 Å². The minimum Gasteiger partial charge on any atom is -0.290 e. The molecule has 3 aromatic carbocycles. The molecule has 0 N–H and O–H groups in total. The Bertz CT molecular complexity index is 1180. The van der Waals surface area contributed by atoms with Gasteiger partial charge in [0.05, 0.1) is 22.6 Å². The Morgan fingerprint density at radius 2 is 1.48 bits per heavy atom. The summed E-state index contributed by atoms with van der Waals surface area (Å²) in [5.41, 5.74) is 2.61. The van der Waals surface area contributed by atoms with Gasteiger partial charge in [-0.2, -0.15) is 9.57 Å². The molecule has 0 unspecified atom stereocenters. The van der Waals surface area contributed by atoms with E-state index in [1.54, 1.807) is 18.2 Å². The van der Waals surface area contributed by atoms with Crippen LogP contribution in [0.25, 0.3) is 0 Å². The highest BCUT2D eigenvalue weighted by Crippen LogP contribution is 2.31. The number of benzene rings is 3. The van der Waals surface area contributed by atoms with Crippen LogP contribution in [0.4, 0.5) is 0 Å². The van der Waals surface area contributed by atoms with Gasteiger partial charge in [-0.3, -0.25) is 4.90 Å². The topological polar surface area (TPSA) is 64.4 Å². The molecule has 5 nitrogen and oxygen atoms in total. The number of hydrogen-bond donors (Lipinski definition) is 0. The van der Waals surface area contributed by atoms with Gasteiger partial charge in [-0.15, -0.1) is 0 Å². The minimum absolute atomic E-state index is 0.0187. The molecule has 0 radical (unpaired) electrons. The van der Waals surface area contributed by atoms with Crippen LogP contribution in [0.15, 0.2) is 83.8 Å². The number of halogens is 1. The second kappa shape index (κ2) is 9.21. The van der Waals surface area contributed by atoms with E-state index >= 15 is 0 Å². The quantitative estimate of drug-likeness (QED) is 0.580. The molecule has 158 valence electrons. The summed E-state index contributed by atoms with van der Waals surface area (Å²) in [6, 6.07) is 26.2. The molecule has 1 aliphatic rings. The third-order valence-electron chi connectivity index (χ3n) is 5.54. The zero-order valence-electron chi connectivity index (χ0n) is 16.9. The molecular weight excluding hydrogens is 430 g/mol. The summed E-state index contributed by atoms with van der Waals surface area (Å²) in [5, 5.41) is 9.78. The molecule has 1 aliphatic heterocycles. The normalized spacial score (nSPS) is 16.5. The summed E-state index contributed by atoms with van der Waals surface area (Å²) in [5.74, 6) is 0. The lowest BCUT2D eigenvalue weighted by molar-refractivity contribution is 0.156. The number of hydrogen-bond acceptors (Lipinski definition) is 4. The highest BCUT2D eigenvalue weighted by Gasteiger charge is 2.32. The van der Waals surface area contributed by atoms with Crippen molar-refractivity contribution in [2.75, 3.05) is 26.2 Å². The number of rotatable bonds is 5. The van der Waals surface area contributed by atoms with Crippen LogP contribution in [0.3, 0.4) is 0 Å². The van der Waals surface area contributed by atoms with Gasteiger partial charge in [-0.05, 0) is 41.5 Å². The van der Waals surface area contributed by atoms with Gasteiger partial charge in [-0.1, -0.05) is 60.1 Å². The van der Waals surface area contributed by atoms with E-state index in [-0.39, 0.29) is 10.9 Å². The molecule has 3 aromatic rings. The second-order valence-corrected chi connectivity index (χ2v) is 9.82. The van der Waals surface area contributed by atoms with Gasteiger partial charge in [-0.25, -0.2) is 8.42 Å². The summed E-state index contributed by atoms with van der Waals surface area (Å²) in [6.45, 7) is 1.96. The predicted molar refractivity (Wildman–Crippen MR) is 121 cm³/mol. The Kier molecular flexibility index (Phi) is 6.40. The van der Waals surface area contributed by atoms with E-state index in [0.29, 0.717) is 36.8 Å². The van der Waals surface area contributed by atoms with Gasteiger partial charge >= 0.3 is 0 Å². The largest absolute Gasteiger partial charge is 0.290 e. The van der Waals surface area contributed by atoms with Crippen LogP contribution in [0.2, 0.25) is 5.02 Å². The van der Waals surface area contributed by atoms with E-state index in [1.165, 1.54) is 10.4 Å². The Hall–Kier alpha value is -2.69. The van der Waals surface area contributed by atoms with Crippen molar-refractivity contribution in [1.29, 1.82) is 5.26 Å². The monoisotopic (exact) mass is 451 g/mol. The summed E-state index contributed by atoms with van der Waals surface area (Å²) < 4.78 is 27.7. The fourth-order valence-electron chi connectivity index (χ4n) is 3.97. The fraction of sp³-hybridized carbons (Fsp3) is 0.208. The van der Waals surface area contributed by atoms with E-state index in [0.717, 1.165) is 11.1 Å².